The molecule has 1 amide bonds. The van der Waals surface area contributed by atoms with Crippen molar-refractivity contribution in [3.8, 4) is 16.9 Å². The van der Waals surface area contributed by atoms with Crippen LogP contribution in [0.25, 0.3) is 11.1 Å². The molecule has 1 aliphatic rings. The maximum Gasteiger partial charge on any atom is 0.326 e. The normalized spacial score (nSPS) is 20.3. The number of thiol groups is 1. The smallest absolute Gasteiger partial charge is 0.326 e. The minimum absolute atomic E-state index is 0.192. The minimum atomic E-state index is -1.000. The predicted octanol–water partition coefficient (Wildman–Crippen LogP) is 3.35. The molecule has 2 aromatic carbocycles. The zero-order valence-electron chi connectivity index (χ0n) is 15.1. The molecule has 0 bridgehead atoms. The van der Waals surface area contributed by atoms with E-state index in [-0.39, 0.29) is 30.9 Å². The first kappa shape index (κ1) is 19.3. The van der Waals surface area contributed by atoms with E-state index in [1.807, 2.05) is 54.6 Å². The lowest BCUT2D eigenvalue weighted by Gasteiger charge is -2.24. The second kappa shape index (κ2) is 8.48. The van der Waals surface area contributed by atoms with E-state index in [9.17, 15) is 14.7 Å². The summed E-state index contributed by atoms with van der Waals surface area (Å²) >= 11 is 4.14. The first-order chi connectivity index (χ1) is 13.0. The van der Waals surface area contributed by atoms with Gasteiger partial charge in [0.15, 0.2) is 0 Å². The quantitative estimate of drug-likeness (QED) is 0.749. The Kier molecular flexibility index (Phi) is 6.06. The highest BCUT2D eigenvalue weighted by atomic mass is 32.1. The highest BCUT2D eigenvalue weighted by Crippen LogP contribution is 2.27. The number of carbonyl (C=O) groups is 2. The number of ether oxygens (including phenoxy) is 1. The van der Waals surface area contributed by atoms with Gasteiger partial charge in [0.25, 0.3) is 0 Å². The molecule has 0 aromatic heterocycles. The van der Waals surface area contributed by atoms with Gasteiger partial charge < -0.3 is 14.7 Å². The molecule has 0 radical (unpaired) electrons. The molecule has 1 aliphatic heterocycles. The van der Waals surface area contributed by atoms with Crippen molar-refractivity contribution in [2.24, 2.45) is 5.92 Å². The summed E-state index contributed by atoms with van der Waals surface area (Å²) in [7, 11) is 0. The molecule has 6 heteroatoms. The van der Waals surface area contributed by atoms with Gasteiger partial charge in [-0.25, -0.2) is 4.79 Å². The fourth-order valence-corrected chi connectivity index (χ4v) is 3.43. The Morgan fingerprint density at radius 1 is 1.15 bits per heavy atom. The zero-order chi connectivity index (χ0) is 19.4. The summed E-state index contributed by atoms with van der Waals surface area (Å²) < 4.78 is 5.96. The van der Waals surface area contributed by atoms with Crippen molar-refractivity contribution < 1.29 is 19.4 Å². The Morgan fingerprint density at radius 3 is 2.37 bits per heavy atom. The van der Waals surface area contributed by atoms with Crippen molar-refractivity contribution in [2.45, 2.75) is 25.5 Å². The molecule has 3 atom stereocenters. The molecule has 1 N–H and O–H groups in total. The van der Waals surface area contributed by atoms with Crippen LogP contribution in [0.5, 0.6) is 5.75 Å². The van der Waals surface area contributed by atoms with Crippen LogP contribution in [0.1, 0.15) is 13.3 Å². The summed E-state index contributed by atoms with van der Waals surface area (Å²) in [4.78, 5) is 25.4. The van der Waals surface area contributed by atoms with Crippen LogP contribution in [0, 0.1) is 5.92 Å². The van der Waals surface area contributed by atoms with Gasteiger partial charge in [0.1, 0.15) is 17.9 Å². The molecule has 0 aliphatic carbocycles. The van der Waals surface area contributed by atoms with Gasteiger partial charge >= 0.3 is 5.97 Å². The van der Waals surface area contributed by atoms with Crippen LogP contribution >= 0.6 is 12.6 Å². The van der Waals surface area contributed by atoms with Crippen molar-refractivity contribution >= 4 is 24.5 Å². The van der Waals surface area contributed by atoms with Crippen molar-refractivity contribution in [2.75, 3.05) is 12.3 Å². The number of likely N-dealkylation sites (tertiary alicyclic amines) is 1. The summed E-state index contributed by atoms with van der Waals surface area (Å²) in [5, 5.41) is 9.46. The van der Waals surface area contributed by atoms with Gasteiger partial charge in [0.05, 0.1) is 6.54 Å². The lowest BCUT2D eigenvalue weighted by Crippen LogP contribution is -2.43. The number of hydrogen-bond acceptors (Lipinski definition) is 4. The minimum Gasteiger partial charge on any atom is -0.488 e. The number of carboxylic acid groups (broad SMARTS) is 1. The Bertz CT molecular complexity index is 794. The van der Waals surface area contributed by atoms with Crippen molar-refractivity contribution in [1.82, 2.24) is 4.90 Å². The largest absolute Gasteiger partial charge is 0.488 e. The fraction of sp³-hybridized carbons (Fsp3) is 0.333. The monoisotopic (exact) mass is 385 g/mol. The maximum atomic E-state index is 12.4. The third-order valence-electron chi connectivity index (χ3n) is 4.79. The molecule has 2 aromatic rings. The molecule has 0 saturated carbocycles. The van der Waals surface area contributed by atoms with Crippen LogP contribution in [0.3, 0.4) is 0 Å². The Balaban J connectivity index is 1.69. The van der Waals surface area contributed by atoms with E-state index in [2.05, 4.69) is 12.6 Å². The van der Waals surface area contributed by atoms with Gasteiger partial charge in [0, 0.05) is 18.1 Å². The highest BCUT2D eigenvalue weighted by Gasteiger charge is 2.41. The van der Waals surface area contributed by atoms with Gasteiger partial charge in [-0.2, -0.15) is 12.6 Å². The molecule has 2 unspecified atom stereocenters. The topological polar surface area (TPSA) is 66.8 Å². The van der Waals surface area contributed by atoms with Crippen LogP contribution in [0.2, 0.25) is 0 Å². The second-order valence-electron chi connectivity index (χ2n) is 6.79. The molecule has 5 nitrogen and oxygen atoms in total. The molecule has 1 saturated heterocycles. The first-order valence-electron chi connectivity index (χ1n) is 8.96. The number of hydrogen-bond donors (Lipinski definition) is 2. The number of rotatable bonds is 6. The molecule has 3 rings (SSSR count). The summed E-state index contributed by atoms with van der Waals surface area (Å²) in [6, 6.07) is 16.9. The van der Waals surface area contributed by atoms with E-state index in [0.717, 1.165) is 11.1 Å². The van der Waals surface area contributed by atoms with Gasteiger partial charge in [0.2, 0.25) is 5.91 Å². The molecular weight excluding hydrogens is 362 g/mol. The summed E-state index contributed by atoms with van der Waals surface area (Å²) in [6.07, 6.45) is -0.0643. The van der Waals surface area contributed by atoms with E-state index in [1.165, 1.54) is 4.90 Å². The van der Waals surface area contributed by atoms with Gasteiger partial charge in [-0.3, -0.25) is 4.79 Å². The van der Waals surface area contributed by atoms with E-state index in [1.54, 1.807) is 6.92 Å². The Hall–Kier alpha value is -2.47. The average molecular weight is 385 g/mol. The molecule has 0 spiro atoms. The van der Waals surface area contributed by atoms with Gasteiger partial charge in [-0.05, 0) is 23.3 Å². The van der Waals surface area contributed by atoms with Crippen molar-refractivity contribution in [3.63, 3.8) is 0 Å². The average Bonchev–Trinajstić information content (AvgIpc) is 3.12. The number of amides is 1. The molecule has 27 heavy (non-hydrogen) atoms. The number of carboxylic acids is 1. The van der Waals surface area contributed by atoms with Crippen LogP contribution in [-0.4, -0.2) is 46.3 Å². The van der Waals surface area contributed by atoms with Crippen LogP contribution < -0.4 is 4.74 Å². The van der Waals surface area contributed by atoms with Crippen LogP contribution in [0.4, 0.5) is 0 Å². The molecule has 1 heterocycles. The highest BCUT2D eigenvalue weighted by molar-refractivity contribution is 7.80. The Morgan fingerprint density at radius 2 is 1.78 bits per heavy atom. The van der Waals surface area contributed by atoms with E-state index >= 15 is 0 Å². The SMILES string of the molecule is CC(CS)C(=O)N1CC(Oc2ccc(-c3ccccc3)cc2)C[C@H]1C(=O)O. The molecule has 142 valence electrons. The Labute approximate surface area is 164 Å². The summed E-state index contributed by atoms with van der Waals surface area (Å²) in [5.74, 6) is -0.462. The van der Waals surface area contributed by atoms with Gasteiger partial charge in [-0.1, -0.05) is 49.4 Å². The fourth-order valence-electron chi connectivity index (χ4n) is 3.27. The van der Waals surface area contributed by atoms with Crippen LogP contribution in [-0.2, 0) is 9.59 Å². The second-order valence-corrected chi connectivity index (χ2v) is 7.16. The number of nitrogens with zero attached hydrogens (tertiary/aromatic N) is 1. The number of carbonyl (C=O) groups excluding carboxylic acids is 1. The third kappa shape index (κ3) is 4.45. The van der Waals surface area contributed by atoms with Crippen LogP contribution in [0.15, 0.2) is 54.6 Å². The lowest BCUT2D eigenvalue weighted by atomic mass is 10.1. The standard InChI is InChI=1S/C21H23NO4S/c1-14(13-27)20(23)22-12-18(11-19(22)21(24)25)26-17-9-7-16(8-10-17)15-5-3-2-4-6-15/h2-10,14,18-19,27H,11-13H2,1H3,(H,24,25)/t14?,18?,19-/m0/s1. The lowest BCUT2D eigenvalue weighted by molar-refractivity contribution is -0.149. The molecular formula is C21H23NO4S. The third-order valence-corrected chi connectivity index (χ3v) is 5.34. The number of benzene rings is 2. The van der Waals surface area contributed by atoms with Gasteiger partial charge in [-0.15, -0.1) is 0 Å². The van der Waals surface area contributed by atoms with E-state index in [4.69, 9.17) is 4.74 Å². The zero-order valence-corrected chi connectivity index (χ0v) is 16.0. The summed E-state index contributed by atoms with van der Waals surface area (Å²) in [5.41, 5.74) is 2.20. The van der Waals surface area contributed by atoms with Crippen molar-refractivity contribution in [3.05, 3.63) is 54.6 Å². The summed E-state index contributed by atoms with van der Waals surface area (Å²) in [6.45, 7) is 2.03. The molecule has 1 fully saturated rings. The predicted molar refractivity (Wildman–Crippen MR) is 107 cm³/mol. The van der Waals surface area contributed by atoms with E-state index < -0.39 is 12.0 Å². The first-order valence-corrected chi connectivity index (χ1v) is 9.59. The van der Waals surface area contributed by atoms with Crippen molar-refractivity contribution in [1.29, 1.82) is 0 Å². The maximum absolute atomic E-state index is 12.4. The van der Waals surface area contributed by atoms with E-state index in [0.29, 0.717) is 11.5 Å². The number of aliphatic carboxylic acids is 1.